The van der Waals surface area contributed by atoms with Gasteiger partial charge in [-0.2, -0.15) is 0 Å². The third-order valence-electron chi connectivity index (χ3n) is 13.6. The Morgan fingerprint density at radius 1 is 0.328 bits per heavy atom. The molecule has 0 saturated carbocycles. The van der Waals surface area contributed by atoms with Crippen LogP contribution in [0.15, 0.2) is 12.2 Å². The van der Waals surface area contributed by atoms with Crippen LogP contribution >= 0.6 is 0 Å². The van der Waals surface area contributed by atoms with Crippen molar-refractivity contribution in [2.45, 2.75) is 348 Å². The molecule has 0 saturated heterocycles. The highest BCUT2D eigenvalue weighted by Gasteiger charge is 2.03. The summed E-state index contributed by atoms with van der Waals surface area (Å²) < 4.78 is 5.50. The minimum absolute atomic E-state index is 0.0268. The SMILES string of the molecule is CCCCCCCCC=CCCCCCCCCCC(=O)OCCCCCCCCCCCCCCCCCCCCCCCCCCCCCCCCCCCCC(C)C. The standard InChI is InChI=1S/C59H116O2/c1-4-5-6-7-8-9-10-11-12-31-35-38-41-44-47-50-53-56-59(60)61-57-54-51-48-45-42-39-36-33-30-28-26-24-22-20-18-16-14-13-15-17-19-21-23-25-27-29-32-34-37-40-43-46-49-52-55-58(2)3/h11-12,58H,4-10,13-57H2,1-3H3. The van der Waals surface area contributed by atoms with E-state index in [2.05, 4.69) is 32.9 Å². The van der Waals surface area contributed by atoms with E-state index in [4.69, 9.17) is 4.74 Å². The van der Waals surface area contributed by atoms with Crippen LogP contribution in [-0.4, -0.2) is 12.6 Å². The summed E-state index contributed by atoms with van der Waals surface area (Å²) in [5.74, 6) is 0.917. The third-order valence-corrected chi connectivity index (χ3v) is 13.6. The predicted molar refractivity (Wildman–Crippen MR) is 276 cm³/mol. The molecule has 2 heteroatoms. The summed E-state index contributed by atoms with van der Waals surface area (Å²) in [5, 5.41) is 0. The van der Waals surface area contributed by atoms with Gasteiger partial charge in [-0.1, -0.05) is 315 Å². The maximum absolute atomic E-state index is 12.1. The van der Waals surface area contributed by atoms with Crippen molar-refractivity contribution in [3.05, 3.63) is 12.2 Å². The van der Waals surface area contributed by atoms with Crippen LogP contribution in [0.2, 0.25) is 0 Å². The second-order valence-electron chi connectivity index (χ2n) is 20.5. The van der Waals surface area contributed by atoms with E-state index in [-0.39, 0.29) is 5.97 Å². The maximum Gasteiger partial charge on any atom is 0.305 e. The molecule has 0 fully saturated rings. The first kappa shape index (κ1) is 60.2. The Kier molecular flexibility index (Phi) is 54.6. The van der Waals surface area contributed by atoms with E-state index in [0.717, 1.165) is 18.8 Å². The molecule has 0 rings (SSSR count). The minimum atomic E-state index is 0.0268. The molecule has 0 aliphatic rings. The topological polar surface area (TPSA) is 26.3 Å². The molecule has 0 aromatic rings. The molecule has 0 amide bonds. The fourth-order valence-electron chi connectivity index (χ4n) is 9.26. The van der Waals surface area contributed by atoms with Crippen LogP contribution in [0.4, 0.5) is 0 Å². The van der Waals surface area contributed by atoms with E-state index < -0.39 is 0 Å². The molecule has 0 aliphatic heterocycles. The van der Waals surface area contributed by atoms with Crippen molar-refractivity contribution in [2.24, 2.45) is 5.92 Å². The first-order valence-electron chi connectivity index (χ1n) is 29.0. The van der Waals surface area contributed by atoms with Crippen molar-refractivity contribution in [1.82, 2.24) is 0 Å². The first-order valence-corrected chi connectivity index (χ1v) is 29.0. The van der Waals surface area contributed by atoms with Gasteiger partial charge in [0.15, 0.2) is 0 Å². The predicted octanol–water partition coefficient (Wildman–Crippen LogP) is 21.7. The Hall–Kier alpha value is -0.790. The van der Waals surface area contributed by atoms with Gasteiger partial charge in [-0.3, -0.25) is 4.79 Å². The van der Waals surface area contributed by atoms with Crippen molar-refractivity contribution in [1.29, 1.82) is 0 Å². The number of allylic oxidation sites excluding steroid dienone is 2. The van der Waals surface area contributed by atoms with Gasteiger partial charge in [-0.15, -0.1) is 0 Å². The Balaban J connectivity index is 3.15. The van der Waals surface area contributed by atoms with Gasteiger partial charge < -0.3 is 4.74 Å². The summed E-state index contributed by atoms with van der Waals surface area (Å²) in [6.07, 6.45) is 75.4. The quantitative estimate of drug-likeness (QED) is 0.0346. The number of unbranched alkanes of at least 4 members (excludes halogenated alkanes) is 46. The number of hydrogen-bond acceptors (Lipinski definition) is 2. The third kappa shape index (κ3) is 57.2. The zero-order valence-electron chi connectivity index (χ0n) is 42.8. The summed E-state index contributed by atoms with van der Waals surface area (Å²) in [4.78, 5) is 12.1. The van der Waals surface area contributed by atoms with Crippen molar-refractivity contribution in [2.75, 3.05) is 6.61 Å². The van der Waals surface area contributed by atoms with Crippen LogP contribution in [0.25, 0.3) is 0 Å². The van der Waals surface area contributed by atoms with Gasteiger partial charge in [-0.05, 0) is 44.4 Å². The summed E-state index contributed by atoms with van der Waals surface area (Å²) in [6, 6.07) is 0. The molecule has 0 aliphatic carbocycles. The number of ether oxygens (including phenoxy) is 1. The fourth-order valence-corrected chi connectivity index (χ4v) is 9.26. The molecule has 0 aromatic carbocycles. The highest BCUT2D eigenvalue weighted by atomic mass is 16.5. The number of esters is 1. The number of rotatable bonds is 54. The van der Waals surface area contributed by atoms with Gasteiger partial charge in [0.05, 0.1) is 6.61 Å². The van der Waals surface area contributed by atoms with Crippen molar-refractivity contribution in [3.8, 4) is 0 Å². The monoisotopic (exact) mass is 857 g/mol. The molecular weight excluding hydrogens is 741 g/mol. The molecule has 0 radical (unpaired) electrons. The van der Waals surface area contributed by atoms with Gasteiger partial charge in [0, 0.05) is 6.42 Å². The lowest BCUT2D eigenvalue weighted by atomic mass is 10.0. The highest BCUT2D eigenvalue weighted by molar-refractivity contribution is 5.69. The van der Waals surface area contributed by atoms with Crippen LogP contribution in [0.5, 0.6) is 0 Å². The van der Waals surface area contributed by atoms with Crippen LogP contribution in [0.3, 0.4) is 0 Å². The highest BCUT2D eigenvalue weighted by Crippen LogP contribution is 2.18. The summed E-state index contributed by atoms with van der Waals surface area (Å²) in [5.41, 5.74) is 0. The van der Waals surface area contributed by atoms with Gasteiger partial charge in [0.2, 0.25) is 0 Å². The van der Waals surface area contributed by atoms with Gasteiger partial charge in [0.1, 0.15) is 0 Å². The molecule has 61 heavy (non-hydrogen) atoms. The van der Waals surface area contributed by atoms with Crippen molar-refractivity contribution >= 4 is 5.97 Å². The zero-order chi connectivity index (χ0) is 44.0. The Morgan fingerprint density at radius 3 is 0.869 bits per heavy atom. The Morgan fingerprint density at radius 2 is 0.574 bits per heavy atom. The lowest BCUT2D eigenvalue weighted by Crippen LogP contribution is -2.05. The molecule has 2 nitrogen and oxygen atoms in total. The Bertz CT molecular complexity index is 816. The van der Waals surface area contributed by atoms with E-state index >= 15 is 0 Å². The van der Waals surface area contributed by atoms with Crippen LogP contribution in [0.1, 0.15) is 348 Å². The van der Waals surface area contributed by atoms with E-state index in [9.17, 15) is 4.79 Å². The van der Waals surface area contributed by atoms with E-state index in [0.29, 0.717) is 13.0 Å². The number of hydrogen-bond donors (Lipinski definition) is 0. The van der Waals surface area contributed by atoms with E-state index in [1.165, 1.54) is 308 Å². The fraction of sp³-hybridized carbons (Fsp3) is 0.949. The number of carbonyl (C=O) groups is 1. The average molecular weight is 858 g/mol. The van der Waals surface area contributed by atoms with Crippen LogP contribution in [-0.2, 0) is 9.53 Å². The molecule has 0 N–H and O–H groups in total. The van der Waals surface area contributed by atoms with E-state index in [1.807, 2.05) is 0 Å². The van der Waals surface area contributed by atoms with Gasteiger partial charge >= 0.3 is 5.97 Å². The summed E-state index contributed by atoms with van der Waals surface area (Å²) in [7, 11) is 0. The molecule has 0 bridgehead atoms. The normalized spacial score (nSPS) is 11.8. The van der Waals surface area contributed by atoms with Crippen LogP contribution in [0, 0.1) is 5.92 Å². The molecule has 0 heterocycles. The van der Waals surface area contributed by atoms with Gasteiger partial charge in [0.25, 0.3) is 0 Å². The summed E-state index contributed by atoms with van der Waals surface area (Å²) in [6.45, 7) is 7.62. The first-order chi connectivity index (χ1) is 30.2. The molecular formula is C59H116O2. The van der Waals surface area contributed by atoms with Gasteiger partial charge in [-0.25, -0.2) is 0 Å². The molecule has 0 atom stereocenters. The van der Waals surface area contributed by atoms with Crippen molar-refractivity contribution < 1.29 is 9.53 Å². The van der Waals surface area contributed by atoms with Crippen LogP contribution < -0.4 is 0 Å². The molecule has 364 valence electrons. The molecule has 0 aromatic heterocycles. The minimum Gasteiger partial charge on any atom is -0.466 e. The molecule has 0 unspecified atom stereocenters. The van der Waals surface area contributed by atoms with E-state index in [1.54, 1.807) is 0 Å². The second kappa shape index (κ2) is 55.3. The van der Waals surface area contributed by atoms with Crippen molar-refractivity contribution in [3.63, 3.8) is 0 Å². The summed E-state index contributed by atoms with van der Waals surface area (Å²) >= 11 is 0. The lowest BCUT2D eigenvalue weighted by Gasteiger charge is -2.06. The lowest BCUT2D eigenvalue weighted by molar-refractivity contribution is -0.143. The maximum atomic E-state index is 12.1. The number of carbonyl (C=O) groups excluding carboxylic acids is 1. The smallest absolute Gasteiger partial charge is 0.305 e. The zero-order valence-corrected chi connectivity index (χ0v) is 42.8. The second-order valence-corrected chi connectivity index (χ2v) is 20.5. The molecule has 0 spiro atoms. The average Bonchev–Trinajstić information content (AvgIpc) is 3.25. The largest absolute Gasteiger partial charge is 0.466 e. The Labute approximate surface area is 386 Å².